The summed E-state index contributed by atoms with van der Waals surface area (Å²) in [5.41, 5.74) is 0. The first-order chi connectivity index (χ1) is 9.83. The van der Waals surface area contributed by atoms with Crippen molar-refractivity contribution in [2.24, 2.45) is 0 Å². The Hall–Kier alpha value is -1.67. The van der Waals surface area contributed by atoms with Gasteiger partial charge in [0.25, 0.3) is 0 Å². The van der Waals surface area contributed by atoms with Crippen LogP contribution in [-0.4, -0.2) is 66.6 Å². The van der Waals surface area contributed by atoms with Crippen molar-refractivity contribution in [1.82, 2.24) is 15.0 Å². The van der Waals surface area contributed by atoms with E-state index in [2.05, 4.69) is 30.5 Å². The Morgan fingerprint density at radius 1 is 1.15 bits per heavy atom. The molecule has 8 nitrogen and oxygen atoms in total. The van der Waals surface area contributed by atoms with Gasteiger partial charge in [-0.25, -0.2) is 0 Å². The van der Waals surface area contributed by atoms with Crippen LogP contribution in [0.3, 0.4) is 0 Å². The minimum atomic E-state index is 0.208. The molecular formula is C12H22N6O2. The highest BCUT2D eigenvalue weighted by Gasteiger charge is 2.16. The summed E-state index contributed by atoms with van der Waals surface area (Å²) in [4.78, 5) is 15.2. The van der Waals surface area contributed by atoms with Gasteiger partial charge in [0.1, 0.15) is 0 Å². The van der Waals surface area contributed by atoms with E-state index < -0.39 is 0 Å². The molecule has 0 radical (unpaired) electrons. The lowest BCUT2D eigenvalue weighted by Gasteiger charge is -2.27. The third-order valence-corrected chi connectivity index (χ3v) is 3.01. The number of hydrogen-bond acceptors (Lipinski definition) is 8. The van der Waals surface area contributed by atoms with E-state index in [-0.39, 0.29) is 6.61 Å². The average molecular weight is 282 g/mol. The molecule has 1 aliphatic rings. The van der Waals surface area contributed by atoms with E-state index in [0.717, 1.165) is 32.5 Å². The molecule has 112 valence electrons. The largest absolute Gasteiger partial charge is 0.396 e. The van der Waals surface area contributed by atoms with E-state index in [4.69, 9.17) is 9.84 Å². The second kappa shape index (κ2) is 7.81. The van der Waals surface area contributed by atoms with Crippen molar-refractivity contribution < 1.29 is 9.84 Å². The number of aliphatic hydroxyl groups is 1. The molecule has 0 amide bonds. The fourth-order valence-corrected chi connectivity index (χ4v) is 1.90. The van der Waals surface area contributed by atoms with Gasteiger partial charge in [-0.1, -0.05) is 0 Å². The fraction of sp³-hybridized carbons (Fsp3) is 0.750. The lowest BCUT2D eigenvalue weighted by Crippen LogP contribution is -2.37. The van der Waals surface area contributed by atoms with Crippen molar-refractivity contribution in [2.45, 2.75) is 12.8 Å². The van der Waals surface area contributed by atoms with Crippen molar-refractivity contribution in [3.8, 4) is 0 Å². The van der Waals surface area contributed by atoms with E-state index >= 15 is 0 Å². The minimum Gasteiger partial charge on any atom is -0.396 e. The number of aliphatic hydroxyl groups excluding tert-OH is 1. The molecule has 1 aliphatic heterocycles. The number of nitrogens with zero attached hydrogens (tertiary/aromatic N) is 4. The molecule has 2 rings (SSSR count). The number of hydrogen-bond donors (Lipinski definition) is 3. The second-order valence-electron chi connectivity index (χ2n) is 4.49. The maximum absolute atomic E-state index is 8.76. The topological polar surface area (TPSA) is 95.4 Å². The molecule has 0 saturated carbocycles. The van der Waals surface area contributed by atoms with Gasteiger partial charge in [-0.3, -0.25) is 0 Å². The van der Waals surface area contributed by atoms with E-state index in [1.165, 1.54) is 0 Å². The summed E-state index contributed by atoms with van der Waals surface area (Å²) in [5, 5.41) is 14.9. The summed E-state index contributed by atoms with van der Waals surface area (Å²) < 4.78 is 5.33. The maximum atomic E-state index is 8.76. The van der Waals surface area contributed by atoms with Gasteiger partial charge in [0.2, 0.25) is 17.8 Å². The van der Waals surface area contributed by atoms with Gasteiger partial charge < -0.3 is 25.4 Å². The van der Waals surface area contributed by atoms with Crippen LogP contribution >= 0.6 is 0 Å². The SMILES string of the molecule is CNc1nc(NCCCCO)nc(N2CCOCC2)n1. The smallest absolute Gasteiger partial charge is 0.232 e. The van der Waals surface area contributed by atoms with Gasteiger partial charge in [0, 0.05) is 33.3 Å². The lowest BCUT2D eigenvalue weighted by atomic mass is 10.3. The highest BCUT2D eigenvalue weighted by molar-refractivity contribution is 5.43. The van der Waals surface area contributed by atoms with E-state index in [1.54, 1.807) is 7.05 Å². The van der Waals surface area contributed by atoms with Crippen LogP contribution in [0.1, 0.15) is 12.8 Å². The molecule has 0 spiro atoms. The molecule has 20 heavy (non-hydrogen) atoms. The van der Waals surface area contributed by atoms with Crippen molar-refractivity contribution in [1.29, 1.82) is 0 Å². The van der Waals surface area contributed by atoms with E-state index in [1.807, 2.05) is 0 Å². The molecule has 1 fully saturated rings. The van der Waals surface area contributed by atoms with Gasteiger partial charge >= 0.3 is 0 Å². The Kier molecular flexibility index (Phi) is 5.75. The molecule has 0 bridgehead atoms. The van der Waals surface area contributed by atoms with E-state index in [0.29, 0.717) is 31.1 Å². The first kappa shape index (κ1) is 14.7. The number of ether oxygens (including phenoxy) is 1. The molecule has 0 atom stereocenters. The van der Waals surface area contributed by atoms with Crippen molar-refractivity contribution >= 4 is 17.8 Å². The highest BCUT2D eigenvalue weighted by Crippen LogP contribution is 2.14. The first-order valence-corrected chi connectivity index (χ1v) is 6.94. The van der Waals surface area contributed by atoms with Gasteiger partial charge in [-0.05, 0) is 12.8 Å². The number of morpholine rings is 1. The normalized spacial score (nSPS) is 15.2. The lowest BCUT2D eigenvalue weighted by molar-refractivity contribution is 0.122. The molecule has 1 saturated heterocycles. The third kappa shape index (κ3) is 4.17. The number of nitrogens with one attached hydrogen (secondary N) is 2. The fourth-order valence-electron chi connectivity index (χ4n) is 1.90. The molecule has 8 heteroatoms. The molecule has 3 N–H and O–H groups in total. The molecule has 0 aromatic carbocycles. The van der Waals surface area contributed by atoms with Gasteiger partial charge in [-0.2, -0.15) is 15.0 Å². The average Bonchev–Trinajstić information content (AvgIpc) is 2.52. The van der Waals surface area contributed by atoms with Crippen molar-refractivity contribution in [3.63, 3.8) is 0 Å². The highest BCUT2D eigenvalue weighted by atomic mass is 16.5. The van der Waals surface area contributed by atoms with Crippen LogP contribution < -0.4 is 15.5 Å². The molecule has 1 aromatic heterocycles. The summed E-state index contributed by atoms with van der Waals surface area (Å²) in [7, 11) is 1.79. The molecule has 0 unspecified atom stereocenters. The zero-order valence-corrected chi connectivity index (χ0v) is 11.8. The van der Waals surface area contributed by atoms with Crippen LogP contribution in [0.5, 0.6) is 0 Å². The summed E-state index contributed by atoms with van der Waals surface area (Å²) >= 11 is 0. The van der Waals surface area contributed by atoms with Crippen LogP contribution in [0.4, 0.5) is 17.8 Å². The van der Waals surface area contributed by atoms with Crippen LogP contribution in [0.15, 0.2) is 0 Å². The Labute approximate surface area is 118 Å². The Morgan fingerprint density at radius 3 is 2.60 bits per heavy atom. The molecular weight excluding hydrogens is 260 g/mol. The zero-order valence-electron chi connectivity index (χ0n) is 11.8. The van der Waals surface area contributed by atoms with Crippen molar-refractivity contribution in [2.75, 3.05) is 62.0 Å². The van der Waals surface area contributed by atoms with Gasteiger partial charge in [0.05, 0.1) is 13.2 Å². The van der Waals surface area contributed by atoms with Crippen LogP contribution in [0, 0.1) is 0 Å². The third-order valence-electron chi connectivity index (χ3n) is 3.01. The number of aromatic nitrogens is 3. The predicted molar refractivity (Wildman–Crippen MR) is 77.2 cm³/mol. The standard InChI is InChI=1S/C12H22N6O2/c1-13-10-15-11(14-4-2-3-7-19)17-12(16-10)18-5-8-20-9-6-18/h19H,2-9H2,1H3,(H2,13,14,15,16,17). The minimum absolute atomic E-state index is 0.208. The molecule has 1 aromatic rings. The first-order valence-electron chi connectivity index (χ1n) is 6.94. The summed E-state index contributed by atoms with van der Waals surface area (Å²) in [6.07, 6.45) is 1.65. The Morgan fingerprint density at radius 2 is 1.90 bits per heavy atom. The van der Waals surface area contributed by atoms with Crippen LogP contribution in [-0.2, 0) is 4.74 Å². The number of unbranched alkanes of at least 4 members (excludes halogenated alkanes) is 1. The van der Waals surface area contributed by atoms with Crippen LogP contribution in [0.2, 0.25) is 0 Å². The summed E-state index contributed by atoms with van der Waals surface area (Å²) in [6, 6.07) is 0. The molecule has 2 heterocycles. The Balaban J connectivity index is 2.03. The summed E-state index contributed by atoms with van der Waals surface area (Å²) in [5.74, 6) is 1.77. The van der Waals surface area contributed by atoms with E-state index in [9.17, 15) is 0 Å². The molecule has 0 aliphatic carbocycles. The maximum Gasteiger partial charge on any atom is 0.232 e. The number of rotatable bonds is 7. The predicted octanol–water partition coefficient (Wildman–Crippen LogP) is -0.0657. The second-order valence-corrected chi connectivity index (χ2v) is 4.49. The summed E-state index contributed by atoms with van der Waals surface area (Å²) in [6.45, 7) is 3.91. The van der Waals surface area contributed by atoms with Crippen LogP contribution in [0.25, 0.3) is 0 Å². The van der Waals surface area contributed by atoms with Gasteiger partial charge in [0.15, 0.2) is 0 Å². The Bertz CT molecular complexity index is 411. The monoisotopic (exact) mass is 282 g/mol. The zero-order chi connectivity index (χ0) is 14.2. The van der Waals surface area contributed by atoms with Gasteiger partial charge in [-0.15, -0.1) is 0 Å². The van der Waals surface area contributed by atoms with Crippen molar-refractivity contribution in [3.05, 3.63) is 0 Å². The quantitative estimate of drug-likeness (QED) is 0.598. The number of anilines is 3.